The number of aliphatic hydroxyl groups is 1. The van der Waals surface area contributed by atoms with Crippen molar-refractivity contribution in [2.75, 3.05) is 0 Å². The number of aliphatic hydroxyl groups excluding tert-OH is 1. The highest BCUT2D eigenvalue weighted by atomic mass is 19.1. The van der Waals surface area contributed by atoms with E-state index in [2.05, 4.69) is 12.2 Å². The van der Waals surface area contributed by atoms with Gasteiger partial charge in [-0.05, 0) is 44.2 Å². The average molecular weight is 265 g/mol. The Labute approximate surface area is 115 Å². The molecule has 3 unspecified atom stereocenters. The van der Waals surface area contributed by atoms with E-state index in [9.17, 15) is 9.50 Å². The van der Waals surface area contributed by atoms with E-state index in [0.717, 1.165) is 37.7 Å². The van der Waals surface area contributed by atoms with Crippen molar-refractivity contribution in [3.8, 4) is 0 Å². The van der Waals surface area contributed by atoms with Crippen molar-refractivity contribution >= 4 is 0 Å². The molecule has 1 fully saturated rings. The number of aryl methyl sites for hydroxylation is 1. The van der Waals surface area contributed by atoms with Gasteiger partial charge in [-0.3, -0.25) is 0 Å². The van der Waals surface area contributed by atoms with Gasteiger partial charge in [0.1, 0.15) is 5.82 Å². The standard InChI is InChI=1S/C16H24FNO/c1-12(18-15-8-4-5-9-16(15)19)10-11-13-6-2-3-7-14(13)17/h2-3,6-7,12,15-16,18-19H,4-5,8-11H2,1H3. The first-order valence-electron chi connectivity index (χ1n) is 7.34. The van der Waals surface area contributed by atoms with Crippen LogP contribution in [0, 0.1) is 5.82 Å². The molecule has 1 saturated carbocycles. The van der Waals surface area contributed by atoms with Gasteiger partial charge in [0.05, 0.1) is 6.10 Å². The van der Waals surface area contributed by atoms with Crippen LogP contribution in [0.1, 0.15) is 44.6 Å². The molecule has 0 saturated heterocycles. The van der Waals surface area contributed by atoms with Crippen molar-refractivity contribution < 1.29 is 9.50 Å². The number of halogens is 1. The van der Waals surface area contributed by atoms with E-state index in [1.807, 2.05) is 12.1 Å². The molecular formula is C16H24FNO. The van der Waals surface area contributed by atoms with Crippen LogP contribution in [-0.2, 0) is 6.42 Å². The van der Waals surface area contributed by atoms with Crippen LogP contribution in [0.15, 0.2) is 24.3 Å². The molecular weight excluding hydrogens is 241 g/mol. The molecule has 3 heteroatoms. The number of nitrogens with one attached hydrogen (secondary N) is 1. The molecule has 0 aromatic heterocycles. The minimum absolute atomic E-state index is 0.118. The second-order valence-electron chi connectivity index (χ2n) is 5.66. The smallest absolute Gasteiger partial charge is 0.126 e. The predicted octanol–water partition coefficient (Wildman–Crippen LogP) is 3.04. The van der Waals surface area contributed by atoms with Crippen LogP contribution in [-0.4, -0.2) is 23.3 Å². The van der Waals surface area contributed by atoms with Gasteiger partial charge >= 0.3 is 0 Å². The molecule has 2 N–H and O–H groups in total. The van der Waals surface area contributed by atoms with Crippen LogP contribution < -0.4 is 5.32 Å². The lowest BCUT2D eigenvalue weighted by atomic mass is 9.91. The summed E-state index contributed by atoms with van der Waals surface area (Å²) in [5, 5.41) is 13.4. The third kappa shape index (κ3) is 4.29. The van der Waals surface area contributed by atoms with Crippen molar-refractivity contribution in [2.24, 2.45) is 0 Å². The average Bonchev–Trinajstić information content (AvgIpc) is 2.40. The summed E-state index contributed by atoms with van der Waals surface area (Å²) in [6.45, 7) is 2.11. The topological polar surface area (TPSA) is 32.3 Å². The molecule has 2 rings (SSSR count). The van der Waals surface area contributed by atoms with Crippen molar-refractivity contribution in [1.29, 1.82) is 0 Å². The molecule has 1 aliphatic carbocycles. The van der Waals surface area contributed by atoms with Gasteiger partial charge in [0, 0.05) is 12.1 Å². The Bertz CT molecular complexity index is 396. The molecule has 0 bridgehead atoms. The molecule has 1 aromatic rings. The van der Waals surface area contributed by atoms with Crippen molar-refractivity contribution in [3.63, 3.8) is 0 Å². The van der Waals surface area contributed by atoms with E-state index in [-0.39, 0.29) is 18.0 Å². The number of hydrogen-bond acceptors (Lipinski definition) is 2. The highest BCUT2D eigenvalue weighted by molar-refractivity contribution is 5.17. The highest BCUT2D eigenvalue weighted by Gasteiger charge is 2.23. The molecule has 0 amide bonds. The van der Waals surface area contributed by atoms with E-state index >= 15 is 0 Å². The summed E-state index contributed by atoms with van der Waals surface area (Å²) in [6.07, 6.45) is 5.68. The van der Waals surface area contributed by atoms with E-state index in [0.29, 0.717) is 6.04 Å². The van der Waals surface area contributed by atoms with E-state index < -0.39 is 0 Å². The van der Waals surface area contributed by atoms with E-state index in [1.165, 1.54) is 12.5 Å². The minimum atomic E-state index is -0.218. The Morgan fingerprint density at radius 1 is 1.32 bits per heavy atom. The lowest BCUT2D eigenvalue weighted by Crippen LogP contribution is -2.46. The third-order valence-corrected chi connectivity index (χ3v) is 4.03. The highest BCUT2D eigenvalue weighted by Crippen LogP contribution is 2.19. The molecule has 19 heavy (non-hydrogen) atoms. The molecule has 3 atom stereocenters. The zero-order valence-electron chi connectivity index (χ0n) is 11.6. The maximum atomic E-state index is 13.5. The van der Waals surface area contributed by atoms with E-state index in [1.54, 1.807) is 6.07 Å². The summed E-state index contributed by atoms with van der Waals surface area (Å²) < 4.78 is 13.5. The lowest BCUT2D eigenvalue weighted by Gasteiger charge is -2.31. The number of benzene rings is 1. The van der Waals surface area contributed by atoms with Gasteiger partial charge in [-0.25, -0.2) is 4.39 Å². The largest absolute Gasteiger partial charge is 0.392 e. The second-order valence-corrected chi connectivity index (χ2v) is 5.66. The Morgan fingerprint density at radius 2 is 2.05 bits per heavy atom. The summed E-state index contributed by atoms with van der Waals surface area (Å²) in [7, 11) is 0. The summed E-state index contributed by atoms with van der Waals surface area (Å²) >= 11 is 0. The fraction of sp³-hybridized carbons (Fsp3) is 0.625. The van der Waals surface area contributed by atoms with Gasteiger partial charge < -0.3 is 10.4 Å². The maximum absolute atomic E-state index is 13.5. The SMILES string of the molecule is CC(CCc1ccccc1F)NC1CCCCC1O. The molecule has 0 aliphatic heterocycles. The summed E-state index contributed by atoms with van der Waals surface area (Å²) in [4.78, 5) is 0. The molecule has 0 spiro atoms. The Morgan fingerprint density at radius 3 is 2.79 bits per heavy atom. The van der Waals surface area contributed by atoms with Crippen molar-refractivity contribution in [3.05, 3.63) is 35.6 Å². The van der Waals surface area contributed by atoms with Gasteiger partial charge in [-0.15, -0.1) is 0 Å². The predicted molar refractivity (Wildman–Crippen MR) is 75.6 cm³/mol. The first-order valence-corrected chi connectivity index (χ1v) is 7.34. The Kier molecular flexibility index (Phi) is 5.34. The molecule has 0 heterocycles. The van der Waals surface area contributed by atoms with Crippen LogP contribution >= 0.6 is 0 Å². The Hall–Kier alpha value is -0.930. The zero-order chi connectivity index (χ0) is 13.7. The van der Waals surface area contributed by atoms with Crippen molar-refractivity contribution in [1.82, 2.24) is 5.32 Å². The fourth-order valence-corrected chi connectivity index (χ4v) is 2.83. The molecule has 2 nitrogen and oxygen atoms in total. The summed E-state index contributed by atoms with van der Waals surface area (Å²) in [5.41, 5.74) is 0.778. The second kappa shape index (κ2) is 7.01. The van der Waals surface area contributed by atoms with Crippen LogP contribution in [0.3, 0.4) is 0 Å². The minimum Gasteiger partial charge on any atom is -0.392 e. The first-order chi connectivity index (χ1) is 9.16. The fourth-order valence-electron chi connectivity index (χ4n) is 2.83. The molecule has 1 aromatic carbocycles. The molecule has 1 aliphatic rings. The van der Waals surface area contributed by atoms with Gasteiger partial charge in [0.2, 0.25) is 0 Å². The monoisotopic (exact) mass is 265 g/mol. The number of hydrogen-bond donors (Lipinski definition) is 2. The summed E-state index contributed by atoms with van der Waals surface area (Å²) in [5.74, 6) is -0.118. The van der Waals surface area contributed by atoms with Crippen LogP contribution in [0.4, 0.5) is 4.39 Å². The van der Waals surface area contributed by atoms with Crippen molar-refractivity contribution in [2.45, 2.75) is 63.6 Å². The van der Waals surface area contributed by atoms with E-state index in [4.69, 9.17) is 0 Å². The van der Waals surface area contributed by atoms with Gasteiger partial charge in [-0.1, -0.05) is 31.0 Å². The van der Waals surface area contributed by atoms with Gasteiger partial charge in [0.25, 0.3) is 0 Å². The van der Waals surface area contributed by atoms with Crippen LogP contribution in [0.5, 0.6) is 0 Å². The number of rotatable bonds is 5. The lowest BCUT2D eigenvalue weighted by molar-refractivity contribution is 0.0854. The van der Waals surface area contributed by atoms with Gasteiger partial charge in [-0.2, -0.15) is 0 Å². The zero-order valence-corrected chi connectivity index (χ0v) is 11.6. The maximum Gasteiger partial charge on any atom is 0.126 e. The van der Waals surface area contributed by atoms with Gasteiger partial charge in [0.15, 0.2) is 0 Å². The third-order valence-electron chi connectivity index (χ3n) is 4.03. The summed E-state index contributed by atoms with van der Waals surface area (Å²) in [6, 6.07) is 7.47. The van der Waals surface area contributed by atoms with Crippen LogP contribution in [0.25, 0.3) is 0 Å². The Balaban J connectivity index is 1.78. The molecule has 0 radical (unpaired) electrons. The first kappa shape index (κ1) is 14.5. The quantitative estimate of drug-likeness (QED) is 0.857. The van der Waals surface area contributed by atoms with Crippen LogP contribution in [0.2, 0.25) is 0 Å². The normalized spacial score (nSPS) is 25.2. The molecule has 106 valence electrons.